The normalized spacial score (nSPS) is 10.3. The summed E-state index contributed by atoms with van der Waals surface area (Å²) in [6, 6.07) is 5.19. The first-order valence-electron chi connectivity index (χ1n) is 5.73. The van der Waals surface area contributed by atoms with E-state index in [1.54, 1.807) is 18.2 Å². The van der Waals surface area contributed by atoms with Gasteiger partial charge in [-0.15, -0.1) is 0 Å². The van der Waals surface area contributed by atoms with Gasteiger partial charge in [-0.25, -0.2) is 0 Å². The Morgan fingerprint density at radius 1 is 1.50 bits per heavy atom. The predicted molar refractivity (Wildman–Crippen MR) is 68.7 cm³/mol. The highest BCUT2D eigenvalue weighted by molar-refractivity contribution is 5.98. The number of methoxy groups -OCH3 is 1. The number of carbonyl (C=O) groups is 1. The summed E-state index contributed by atoms with van der Waals surface area (Å²) in [5, 5.41) is 14.1. The second-order valence-electron chi connectivity index (χ2n) is 4.13. The number of ether oxygens (including phenoxy) is 1. The third-order valence-electron chi connectivity index (χ3n) is 2.65. The van der Waals surface area contributed by atoms with Crippen molar-refractivity contribution in [2.24, 2.45) is 0 Å². The molecular weight excluding hydrogens is 264 g/mol. The van der Waals surface area contributed by atoms with Crippen molar-refractivity contribution in [3.05, 3.63) is 45.8 Å². The van der Waals surface area contributed by atoms with E-state index in [0.29, 0.717) is 11.3 Å². The number of hydrogen-bond donors (Lipinski definition) is 0. The SMILES string of the molecule is COc1cc(C)ccc1C(=O)Cn1cnc([N+](=O)[O-])n1. The van der Waals surface area contributed by atoms with Crippen molar-refractivity contribution in [2.45, 2.75) is 13.5 Å². The van der Waals surface area contributed by atoms with E-state index in [4.69, 9.17) is 4.74 Å². The zero-order valence-corrected chi connectivity index (χ0v) is 10.9. The number of nitro groups is 1. The summed E-state index contributed by atoms with van der Waals surface area (Å²) in [6.07, 6.45) is 1.15. The fourth-order valence-corrected chi connectivity index (χ4v) is 1.71. The molecule has 1 heterocycles. The lowest BCUT2D eigenvalue weighted by Gasteiger charge is -2.07. The molecule has 20 heavy (non-hydrogen) atoms. The summed E-state index contributed by atoms with van der Waals surface area (Å²) in [5.74, 6) is -0.333. The van der Waals surface area contributed by atoms with Gasteiger partial charge < -0.3 is 14.9 Å². The lowest BCUT2D eigenvalue weighted by Crippen LogP contribution is -2.12. The van der Waals surface area contributed by atoms with Crippen LogP contribution in [0.5, 0.6) is 5.75 Å². The molecule has 0 aliphatic rings. The number of nitrogens with zero attached hydrogens (tertiary/aromatic N) is 4. The van der Waals surface area contributed by atoms with E-state index in [2.05, 4.69) is 10.1 Å². The Hall–Kier alpha value is -2.77. The summed E-state index contributed by atoms with van der Waals surface area (Å²) < 4.78 is 6.28. The maximum absolute atomic E-state index is 12.1. The Morgan fingerprint density at radius 3 is 2.85 bits per heavy atom. The quantitative estimate of drug-likeness (QED) is 0.464. The highest BCUT2D eigenvalue weighted by Gasteiger charge is 2.18. The number of aryl methyl sites for hydroxylation is 1. The smallest absolute Gasteiger partial charge is 0.490 e. The summed E-state index contributed by atoms with van der Waals surface area (Å²) in [6.45, 7) is 1.75. The van der Waals surface area contributed by atoms with E-state index in [0.717, 1.165) is 16.6 Å². The van der Waals surface area contributed by atoms with Crippen LogP contribution in [0.1, 0.15) is 15.9 Å². The molecule has 0 aliphatic carbocycles. The molecule has 8 heteroatoms. The molecule has 0 saturated carbocycles. The molecule has 0 fully saturated rings. The van der Waals surface area contributed by atoms with Crippen molar-refractivity contribution >= 4 is 11.7 Å². The van der Waals surface area contributed by atoms with Gasteiger partial charge in [-0.3, -0.25) is 4.79 Å². The summed E-state index contributed by atoms with van der Waals surface area (Å²) in [4.78, 5) is 25.4. The van der Waals surface area contributed by atoms with Gasteiger partial charge in [-0.2, -0.15) is 4.68 Å². The van der Waals surface area contributed by atoms with Gasteiger partial charge in [0.1, 0.15) is 12.3 Å². The van der Waals surface area contributed by atoms with Crippen molar-refractivity contribution in [2.75, 3.05) is 7.11 Å². The van der Waals surface area contributed by atoms with Crippen LogP contribution in [0.4, 0.5) is 5.95 Å². The fraction of sp³-hybridized carbons (Fsp3) is 0.250. The Labute approximate surface area is 114 Å². The van der Waals surface area contributed by atoms with Gasteiger partial charge in [-0.05, 0) is 29.5 Å². The zero-order valence-electron chi connectivity index (χ0n) is 10.9. The molecule has 0 N–H and O–H groups in total. The Bertz CT molecular complexity index is 665. The second-order valence-corrected chi connectivity index (χ2v) is 4.13. The first kappa shape index (κ1) is 13.7. The molecule has 0 atom stereocenters. The number of benzene rings is 1. The average Bonchev–Trinajstić information content (AvgIpc) is 2.87. The molecule has 2 rings (SSSR count). The van der Waals surface area contributed by atoms with Crippen molar-refractivity contribution in [3.63, 3.8) is 0 Å². The van der Waals surface area contributed by atoms with Crippen LogP contribution in [0.3, 0.4) is 0 Å². The van der Waals surface area contributed by atoms with Gasteiger partial charge in [0.05, 0.1) is 12.7 Å². The van der Waals surface area contributed by atoms with Gasteiger partial charge >= 0.3 is 5.95 Å². The molecule has 1 aromatic heterocycles. The Balaban J connectivity index is 2.21. The second kappa shape index (κ2) is 5.47. The summed E-state index contributed by atoms with van der Waals surface area (Å²) >= 11 is 0. The average molecular weight is 276 g/mol. The van der Waals surface area contributed by atoms with E-state index < -0.39 is 10.9 Å². The maximum atomic E-state index is 12.1. The Kier molecular flexibility index (Phi) is 3.74. The van der Waals surface area contributed by atoms with Crippen LogP contribution in [0, 0.1) is 17.0 Å². The largest absolute Gasteiger partial charge is 0.496 e. The molecule has 0 aliphatic heterocycles. The van der Waals surface area contributed by atoms with Gasteiger partial charge in [0.2, 0.25) is 6.33 Å². The molecule has 0 radical (unpaired) electrons. The molecule has 0 amide bonds. The van der Waals surface area contributed by atoms with E-state index in [9.17, 15) is 14.9 Å². The third-order valence-corrected chi connectivity index (χ3v) is 2.65. The molecule has 2 aromatic rings. The molecule has 1 aromatic carbocycles. The van der Waals surface area contributed by atoms with Gasteiger partial charge in [0, 0.05) is 5.10 Å². The van der Waals surface area contributed by atoms with Gasteiger partial charge in [0.25, 0.3) is 0 Å². The van der Waals surface area contributed by atoms with Crippen LogP contribution in [0.25, 0.3) is 0 Å². The monoisotopic (exact) mass is 276 g/mol. The van der Waals surface area contributed by atoms with Crippen LogP contribution >= 0.6 is 0 Å². The van der Waals surface area contributed by atoms with Gasteiger partial charge in [-0.1, -0.05) is 11.1 Å². The number of rotatable bonds is 5. The van der Waals surface area contributed by atoms with Crippen LogP contribution in [0.15, 0.2) is 24.5 Å². The minimum absolute atomic E-state index is 0.139. The zero-order chi connectivity index (χ0) is 14.7. The van der Waals surface area contributed by atoms with Gasteiger partial charge in [0.15, 0.2) is 5.78 Å². The van der Waals surface area contributed by atoms with Crippen molar-refractivity contribution in [1.29, 1.82) is 0 Å². The van der Waals surface area contributed by atoms with E-state index in [1.807, 2.05) is 6.92 Å². The first-order valence-corrected chi connectivity index (χ1v) is 5.73. The molecule has 0 bridgehead atoms. The first-order chi connectivity index (χ1) is 9.51. The topological polar surface area (TPSA) is 100 Å². The van der Waals surface area contributed by atoms with Crippen LogP contribution in [0.2, 0.25) is 0 Å². The Morgan fingerprint density at radius 2 is 2.25 bits per heavy atom. The molecular formula is C12H12N4O4. The van der Waals surface area contributed by atoms with Crippen molar-refractivity contribution in [3.8, 4) is 5.75 Å². The molecule has 104 valence electrons. The van der Waals surface area contributed by atoms with E-state index in [1.165, 1.54) is 7.11 Å². The minimum Gasteiger partial charge on any atom is -0.496 e. The molecule has 0 unspecified atom stereocenters. The number of hydrogen-bond acceptors (Lipinski definition) is 6. The highest BCUT2D eigenvalue weighted by atomic mass is 16.6. The van der Waals surface area contributed by atoms with Crippen LogP contribution < -0.4 is 4.74 Å². The number of ketones is 1. The number of Topliss-reactive ketones (excluding diaryl/α,β-unsaturated/α-hetero) is 1. The number of aromatic nitrogens is 3. The van der Waals surface area contributed by atoms with Crippen LogP contribution in [-0.2, 0) is 6.54 Å². The minimum atomic E-state index is -0.715. The highest BCUT2D eigenvalue weighted by Crippen LogP contribution is 2.20. The molecule has 0 saturated heterocycles. The standard InChI is InChI=1S/C12H12N4O4/c1-8-3-4-9(11(5-8)20-2)10(17)6-15-7-13-12(14-15)16(18)19/h3-5,7H,6H2,1-2H3. The van der Waals surface area contributed by atoms with Crippen molar-refractivity contribution < 1.29 is 14.5 Å². The summed E-state index contributed by atoms with van der Waals surface area (Å²) in [7, 11) is 1.48. The third kappa shape index (κ3) is 2.79. The molecule has 0 spiro atoms. The van der Waals surface area contributed by atoms with E-state index >= 15 is 0 Å². The lowest BCUT2D eigenvalue weighted by atomic mass is 10.1. The molecule has 8 nitrogen and oxygen atoms in total. The maximum Gasteiger partial charge on any atom is 0.490 e. The number of carbonyl (C=O) groups excluding carboxylic acids is 1. The van der Waals surface area contributed by atoms with E-state index in [-0.39, 0.29) is 12.3 Å². The predicted octanol–water partition coefficient (Wildman–Crippen LogP) is 1.39. The fourth-order valence-electron chi connectivity index (χ4n) is 1.71. The van der Waals surface area contributed by atoms with Crippen LogP contribution in [-0.4, -0.2) is 32.6 Å². The van der Waals surface area contributed by atoms with Crippen molar-refractivity contribution in [1.82, 2.24) is 14.8 Å². The summed E-state index contributed by atoms with van der Waals surface area (Å²) in [5.41, 5.74) is 1.37. The lowest BCUT2D eigenvalue weighted by molar-refractivity contribution is -0.394.